The number of carbonyl (C=O) groups excluding carboxylic acids is 1. The predicted molar refractivity (Wildman–Crippen MR) is 61.3 cm³/mol. The summed E-state index contributed by atoms with van der Waals surface area (Å²) in [5.41, 5.74) is 0. The van der Waals surface area contributed by atoms with Gasteiger partial charge >= 0.3 is 0 Å². The molecule has 0 bridgehead atoms. The quantitative estimate of drug-likeness (QED) is 0.719. The fourth-order valence-electron chi connectivity index (χ4n) is 2.43. The van der Waals surface area contributed by atoms with E-state index in [1.807, 2.05) is 0 Å². The van der Waals surface area contributed by atoms with Crippen molar-refractivity contribution in [3.8, 4) is 0 Å². The molecule has 1 saturated carbocycles. The summed E-state index contributed by atoms with van der Waals surface area (Å²) in [6, 6.07) is 0. The molecule has 0 aromatic heterocycles. The summed E-state index contributed by atoms with van der Waals surface area (Å²) in [6.45, 7) is 2.93. The van der Waals surface area contributed by atoms with Crippen molar-refractivity contribution in [1.29, 1.82) is 0 Å². The molecule has 1 saturated heterocycles. The normalized spacial score (nSPS) is 29.9. The Kier molecular flexibility index (Phi) is 3.92. The van der Waals surface area contributed by atoms with Gasteiger partial charge < -0.3 is 4.90 Å². The summed E-state index contributed by atoms with van der Waals surface area (Å²) in [5, 5.41) is 0. The van der Waals surface area contributed by atoms with Crippen LogP contribution in [0.3, 0.4) is 0 Å². The van der Waals surface area contributed by atoms with E-state index >= 15 is 0 Å². The molecule has 0 radical (unpaired) electrons. The molecule has 15 heavy (non-hydrogen) atoms. The van der Waals surface area contributed by atoms with Gasteiger partial charge in [-0.3, -0.25) is 9.00 Å². The molecule has 2 rings (SSSR count). The molecule has 0 aromatic carbocycles. The van der Waals surface area contributed by atoms with Crippen LogP contribution in [0, 0.1) is 5.92 Å². The second kappa shape index (κ2) is 5.21. The van der Waals surface area contributed by atoms with E-state index in [0.717, 1.165) is 56.8 Å². The van der Waals surface area contributed by atoms with Gasteiger partial charge in [-0.25, -0.2) is 0 Å². The summed E-state index contributed by atoms with van der Waals surface area (Å²) in [6.07, 6.45) is 4.01. The lowest BCUT2D eigenvalue weighted by Gasteiger charge is -2.26. The van der Waals surface area contributed by atoms with Gasteiger partial charge in [-0.1, -0.05) is 0 Å². The number of carbonyl (C=O) groups is 1. The van der Waals surface area contributed by atoms with Crippen LogP contribution in [0.2, 0.25) is 0 Å². The molecule has 1 heterocycles. The maximum Gasteiger partial charge on any atom is 0.136 e. The van der Waals surface area contributed by atoms with Crippen molar-refractivity contribution < 1.29 is 9.00 Å². The smallest absolute Gasteiger partial charge is 0.136 e. The molecule has 0 amide bonds. The van der Waals surface area contributed by atoms with Crippen LogP contribution in [0.15, 0.2) is 0 Å². The first-order chi connectivity index (χ1) is 7.25. The van der Waals surface area contributed by atoms with Crippen molar-refractivity contribution in [1.82, 2.24) is 4.90 Å². The van der Waals surface area contributed by atoms with Crippen molar-refractivity contribution >= 4 is 16.6 Å². The SMILES string of the molecule is O=C1CCCC1CCN1CCS(=O)CC1. The maximum atomic E-state index is 11.4. The Labute approximate surface area is 93.7 Å². The Morgan fingerprint density at radius 3 is 2.67 bits per heavy atom. The third-order valence-electron chi connectivity index (χ3n) is 3.50. The van der Waals surface area contributed by atoms with Crippen molar-refractivity contribution in [3.05, 3.63) is 0 Å². The van der Waals surface area contributed by atoms with Gasteiger partial charge in [0.2, 0.25) is 0 Å². The van der Waals surface area contributed by atoms with Crippen LogP contribution >= 0.6 is 0 Å². The first-order valence-corrected chi connectivity index (χ1v) is 7.34. The molecule has 2 fully saturated rings. The standard InChI is InChI=1S/C11H19NO2S/c13-11-3-1-2-10(11)4-5-12-6-8-15(14)9-7-12/h10H,1-9H2. The topological polar surface area (TPSA) is 37.4 Å². The van der Waals surface area contributed by atoms with Gasteiger partial charge in [-0.15, -0.1) is 0 Å². The molecular weight excluding hydrogens is 210 g/mol. The Morgan fingerprint density at radius 2 is 2.07 bits per heavy atom. The van der Waals surface area contributed by atoms with Gasteiger partial charge in [-0.2, -0.15) is 0 Å². The van der Waals surface area contributed by atoms with Crippen molar-refractivity contribution in [2.75, 3.05) is 31.1 Å². The summed E-state index contributed by atoms with van der Waals surface area (Å²) >= 11 is 0. The Hall–Kier alpha value is -0.220. The lowest BCUT2D eigenvalue weighted by molar-refractivity contribution is -0.120. The number of hydrogen-bond acceptors (Lipinski definition) is 3. The van der Waals surface area contributed by atoms with Gasteiger partial charge in [-0.05, 0) is 25.8 Å². The Bertz CT molecular complexity index is 257. The molecule has 1 aliphatic carbocycles. The Balaban J connectivity index is 1.69. The maximum absolute atomic E-state index is 11.4. The lowest BCUT2D eigenvalue weighted by atomic mass is 10.0. The zero-order valence-electron chi connectivity index (χ0n) is 9.11. The molecule has 1 aliphatic heterocycles. The van der Waals surface area contributed by atoms with Crippen molar-refractivity contribution in [2.24, 2.45) is 5.92 Å². The van der Waals surface area contributed by atoms with Gasteiger partial charge in [0.25, 0.3) is 0 Å². The van der Waals surface area contributed by atoms with E-state index in [1.54, 1.807) is 0 Å². The Morgan fingerprint density at radius 1 is 1.33 bits per heavy atom. The van der Waals surface area contributed by atoms with Gasteiger partial charge in [0.05, 0.1) is 0 Å². The molecule has 3 nitrogen and oxygen atoms in total. The van der Waals surface area contributed by atoms with Gasteiger partial charge in [0.15, 0.2) is 0 Å². The van der Waals surface area contributed by atoms with E-state index in [0.29, 0.717) is 11.7 Å². The molecular formula is C11H19NO2S. The molecule has 1 atom stereocenters. The second-order valence-corrected chi connectivity index (χ2v) is 6.23. The fourth-order valence-corrected chi connectivity index (χ4v) is 3.56. The molecule has 2 aliphatic rings. The highest BCUT2D eigenvalue weighted by Gasteiger charge is 2.25. The fraction of sp³-hybridized carbons (Fsp3) is 0.909. The van der Waals surface area contributed by atoms with Crippen LogP contribution < -0.4 is 0 Å². The predicted octanol–water partition coefficient (Wildman–Crippen LogP) is 0.810. The summed E-state index contributed by atoms with van der Waals surface area (Å²) in [7, 11) is -0.582. The zero-order valence-corrected chi connectivity index (χ0v) is 9.93. The average molecular weight is 229 g/mol. The summed E-state index contributed by atoms with van der Waals surface area (Å²) in [4.78, 5) is 13.8. The molecule has 1 unspecified atom stereocenters. The van der Waals surface area contributed by atoms with Crippen molar-refractivity contribution in [3.63, 3.8) is 0 Å². The third kappa shape index (κ3) is 3.11. The van der Waals surface area contributed by atoms with Crippen LogP contribution in [0.4, 0.5) is 0 Å². The highest BCUT2D eigenvalue weighted by molar-refractivity contribution is 7.85. The van der Waals surface area contributed by atoms with Crippen molar-refractivity contribution in [2.45, 2.75) is 25.7 Å². The van der Waals surface area contributed by atoms with E-state index in [1.165, 1.54) is 0 Å². The van der Waals surface area contributed by atoms with Gasteiger partial charge in [0.1, 0.15) is 5.78 Å². The summed E-state index contributed by atoms with van der Waals surface area (Å²) in [5.74, 6) is 2.44. The van der Waals surface area contributed by atoms with Crippen LogP contribution in [0.25, 0.3) is 0 Å². The summed E-state index contributed by atoms with van der Waals surface area (Å²) < 4.78 is 11.2. The highest BCUT2D eigenvalue weighted by Crippen LogP contribution is 2.24. The second-order valence-electron chi connectivity index (χ2n) is 4.53. The zero-order chi connectivity index (χ0) is 10.7. The number of ketones is 1. The molecule has 86 valence electrons. The van der Waals surface area contributed by atoms with Crippen LogP contribution in [-0.4, -0.2) is 46.0 Å². The number of rotatable bonds is 3. The van der Waals surface area contributed by atoms with E-state index in [2.05, 4.69) is 4.90 Å². The minimum absolute atomic E-state index is 0.331. The number of nitrogens with zero attached hydrogens (tertiary/aromatic N) is 1. The van der Waals surface area contributed by atoms with Crippen LogP contribution in [0.1, 0.15) is 25.7 Å². The first-order valence-electron chi connectivity index (χ1n) is 5.86. The van der Waals surface area contributed by atoms with Gasteiger partial charge in [0, 0.05) is 47.7 Å². The molecule has 0 aromatic rings. The monoisotopic (exact) mass is 229 g/mol. The lowest BCUT2D eigenvalue weighted by Crippen LogP contribution is -2.38. The van der Waals surface area contributed by atoms with E-state index in [4.69, 9.17) is 0 Å². The third-order valence-corrected chi connectivity index (χ3v) is 4.77. The van der Waals surface area contributed by atoms with E-state index in [-0.39, 0.29) is 0 Å². The molecule has 0 N–H and O–H groups in total. The highest BCUT2D eigenvalue weighted by atomic mass is 32.2. The first kappa shape index (κ1) is 11.3. The van der Waals surface area contributed by atoms with E-state index < -0.39 is 10.8 Å². The largest absolute Gasteiger partial charge is 0.301 e. The average Bonchev–Trinajstić information content (AvgIpc) is 2.63. The molecule has 0 spiro atoms. The molecule has 4 heteroatoms. The number of hydrogen-bond donors (Lipinski definition) is 0. The van der Waals surface area contributed by atoms with Crippen LogP contribution in [-0.2, 0) is 15.6 Å². The minimum Gasteiger partial charge on any atom is -0.301 e. The minimum atomic E-state index is -0.582. The number of Topliss-reactive ketones (excluding diaryl/α,β-unsaturated/α-hetero) is 1. The van der Waals surface area contributed by atoms with E-state index in [9.17, 15) is 9.00 Å². The van der Waals surface area contributed by atoms with Crippen LogP contribution in [0.5, 0.6) is 0 Å².